The molecule has 3 N–H and O–H groups in total. The number of nitrogens with one attached hydrogen (secondary N) is 3. The van der Waals surface area contributed by atoms with Crippen molar-refractivity contribution in [3.8, 4) is 0 Å². The third-order valence-electron chi connectivity index (χ3n) is 8.14. The van der Waals surface area contributed by atoms with Gasteiger partial charge in [-0.2, -0.15) is 0 Å². The van der Waals surface area contributed by atoms with E-state index in [-0.39, 0.29) is 33.2 Å². The van der Waals surface area contributed by atoms with Gasteiger partial charge in [0, 0.05) is 5.56 Å². The van der Waals surface area contributed by atoms with E-state index in [1.165, 1.54) is 6.92 Å². The lowest BCUT2D eigenvalue weighted by atomic mass is 9.78. The monoisotopic (exact) mass is 658 g/mol. The van der Waals surface area contributed by atoms with Crippen LogP contribution in [0.4, 0.5) is 8.78 Å². The van der Waals surface area contributed by atoms with Crippen molar-refractivity contribution < 1.29 is 23.0 Å². The fraction of sp³-hybridized carbons (Fsp3) is 0.593. The molecule has 3 aromatic rings. The standard InChI is InChI=1S/C27H40F2N6O3P4/c1-12-20(35-38-34-12)25(37)33-21(14-7-9-26(3,41)10-8-14)23-31-17-6-5-15(19(28)22(17)32-23)16(11-18(39)40)24(36)30-13(2)27(4,29)42/h5-6,13-14,16,18,21H,7-11,39-42H2,1-4H3,(H,30,36)(H,31,32)(H,33,37)/t13-,14?,16?,21-,26?,27?/m0/s1. The third-order valence-corrected chi connectivity index (χ3v) is 9.76. The molecule has 9 nitrogen and oxygen atoms in total. The van der Waals surface area contributed by atoms with E-state index in [1.807, 2.05) is 0 Å². The second-order valence-electron chi connectivity index (χ2n) is 12.0. The van der Waals surface area contributed by atoms with E-state index in [0.29, 0.717) is 23.5 Å². The molecule has 8 atom stereocenters. The van der Waals surface area contributed by atoms with Gasteiger partial charge >= 0.3 is 0 Å². The maximum atomic E-state index is 16.2. The third kappa shape index (κ3) is 7.70. The number of nitrogens with zero attached hydrogens (tertiary/aromatic N) is 3. The lowest BCUT2D eigenvalue weighted by Crippen LogP contribution is -2.45. The summed E-state index contributed by atoms with van der Waals surface area (Å²) in [6.45, 7) is 6.74. The summed E-state index contributed by atoms with van der Waals surface area (Å²) in [5.74, 6) is -1.96. The van der Waals surface area contributed by atoms with Crippen LogP contribution >= 0.6 is 37.0 Å². The highest BCUT2D eigenvalue weighted by Crippen LogP contribution is 2.43. The Labute approximate surface area is 253 Å². The highest BCUT2D eigenvalue weighted by molar-refractivity contribution is 7.37. The first kappa shape index (κ1) is 33.2. The van der Waals surface area contributed by atoms with Crippen molar-refractivity contribution in [1.29, 1.82) is 0 Å². The van der Waals surface area contributed by atoms with Gasteiger partial charge in [-0.05, 0) is 80.6 Å². The zero-order chi connectivity index (χ0) is 31.0. The van der Waals surface area contributed by atoms with Gasteiger partial charge in [0.05, 0.1) is 23.5 Å². The van der Waals surface area contributed by atoms with Gasteiger partial charge < -0.3 is 15.6 Å². The molecule has 1 aromatic carbocycles. The van der Waals surface area contributed by atoms with Gasteiger partial charge in [0.1, 0.15) is 22.4 Å². The Morgan fingerprint density at radius 2 is 1.90 bits per heavy atom. The SMILES string of the molecule is Cc1nonc1C(=O)N[C@H](c1nc2c(F)c(C(CC(P)P)C(=O)N[C@@H](C)C(C)(F)P)ccc2[nH]1)C1CCC(C)(P)CC1. The molecule has 0 saturated heterocycles. The molecule has 6 unspecified atom stereocenters. The van der Waals surface area contributed by atoms with Gasteiger partial charge in [-0.1, -0.05) is 27.4 Å². The number of aryl methyl sites for hydroxylation is 1. The smallest absolute Gasteiger partial charge is 0.276 e. The summed E-state index contributed by atoms with van der Waals surface area (Å²) < 4.78 is 35.4. The predicted molar refractivity (Wildman–Crippen MR) is 173 cm³/mol. The molecule has 230 valence electrons. The predicted octanol–water partition coefficient (Wildman–Crippen LogP) is 5.30. The fourth-order valence-corrected chi connectivity index (χ4v) is 6.25. The molecular weight excluding hydrogens is 618 g/mol. The van der Waals surface area contributed by atoms with Crippen LogP contribution in [0.5, 0.6) is 0 Å². The van der Waals surface area contributed by atoms with E-state index in [4.69, 9.17) is 4.63 Å². The van der Waals surface area contributed by atoms with E-state index in [1.54, 1.807) is 26.0 Å². The van der Waals surface area contributed by atoms with Crippen LogP contribution in [0, 0.1) is 18.7 Å². The maximum Gasteiger partial charge on any atom is 0.276 e. The van der Waals surface area contributed by atoms with Crippen LogP contribution in [0.25, 0.3) is 11.0 Å². The number of rotatable bonds is 10. The largest absolute Gasteiger partial charge is 0.350 e. The molecular formula is C27H40F2N6O3P4. The molecule has 0 spiro atoms. The zero-order valence-electron chi connectivity index (χ0n) is 24.2. The molecule has 2 aromatic heterocycles. The summed E-state index contributed by atoms with van der Waals surface area (Å²) in [7, 11) is 10.2. The normalized spacial score (nSPS) is 22.9. The zero-order valence-corrected chi connectivity index (χ0v) is 28.8. The highest BCUT2D eigenvalue weighted by atomic mass is 31.1. The van der Waals surface area contributed by atoms with Crippen molar-refractivity contribution in [3.05, 3.63) is 40.7 Å². The number of carbonyl (C=O) groups is 2. The number of carbonyl (C=O) groups excluding carboxylic acids is 2. The second-order valence-corrected chi connectivity index (χ2v) is 17.0. The molecule has 0 aliphatic heterocycles. The molecule has 2 amide bonds. The van der Waals surface area contributed by atoms with Crippen LogP contribution in [-0.4, -0.2) is 54.1 Å². The first-order valence-corrected chi connectivity index (χ1v) is 16.4. The molecule has 0 radical (unpaired) electrons. The molecule has 0 bridgehead atoms. The minimum atomic E-state index is -1.73. The van der Waals surface area contributed by atoms with E-state index >= 15 is 4.39 Å². The number of benzene rings is 1. The van der Waals surface area contributed by atoms with Crippen LogP contribution in [0.2, 0.25) is 0 Å². The van der Waals surface area contributed by atoms with Gasteiger partial charge in [0.2, 0.25) is 5.91 Å². The van der Waals surface area contributed by atoms with Crippen molar-refractivity contribution >= 4 is 59.8 Å². The van der Waals surface area contributed by atoms with E-state index in [0.717, 1.165) is 25.7 Å². The lowest BCUT2D eigenvalue weighted by Gasteiger charge is -2.37. The van der Waals surface area contributed by atoms with Gasteiger partial charge in [-0.3, -0.25) is 9.59 Å². The fourth-order valence-electron chi connectivity index (χ4n) is 5.29. The summed E-state index contributed by atoms with van der Waals surface area (Å²) in [5, 5.41) is 11.5. The van der Waals surface area contributed by atoms with E-state index in [2.05, 4.69) is 74.8 Å². The molecule has 1 fully saturated rings. The summed E-state index contributed by atoms with van der Waals surface area (Å²) >= 11 is 0. The van der Waals surface area contributed by atoms with E-state index < -0.39 is 41.0 Å². The number of amides is 2. The van der Waals surface area contributed by atoms with Gasteiger partial charge in [-0.25, -0.2) is 18.4 Å². The first-order valence-electron chi connectivity index (χ1n) is 13.9. The van der Waals surface area contributed by atoms with Crippen molar-refractivity contribution in [2.75, 3.05) is 0 Å². The van der Waals surface area contributed by atoms with E-state index in [9.17, 15) is 14.0 Å². The molecule has 4 rings (SSSR count). The molecule has 2 heterocycles. The number of aromatic nitrogens is 4. The van der Waals surface area contributed by atoms with Crippen molar-refractivity contribution in [2.45, 2.75) is 93.8 Å². The number of imidazole rings is 1. The number of H-pyrrole nitrogens is 1. The Hall–Kier alpha value is -1.65. The average molecular weight is 659 g/mol. The Morgan fingerprint density at radius 1 is 1.24 bits per heavy atom. The molecule has 15 heteroatoms. The van der Waals surface area contributed by atoms with Crippen molar-refractivity contribution in [3.63, 3.8) is 0 Å². The molecule has 42 heavy (non-hydrogen) atoms. The average Bonchev–Trinajstić information content (AvgIpc) is 3.52. The maximum absolute atomic E-state index is 16.2. The number of hydrogen-bond donors (Lipinski definition) is 3. The highest BCUT2D eigenvalue weighted by Gasteiger charge is 2.36. The topological polar surface area (TPSA) is 126 Å². The Morgan fingerprint density at radius 3 is 2.48 bits per heavy atom. The van der Waals surface area contributed by atoms with Crippen molar-refractivity contribution in [1.82, 2.24) is 30.9 Å². The Balaban J connectivity index is 1.70. The number of hydrogen-bond acceptors (Lipinski definition) is 6. The summed E-state index contributed by atoms with van der Waals surface area (Å²) in [6, 6.07) is 1.91. The quantitative estimate of drug-likeness (QED) is 0.254. The minimum Gasteiger partial charge on any atom is -0.350 e. The minimum absolute atomic E-state index is 0.0442. The van der Waals surface area contributed by atoms with Crippen LogP contribution < -0.4 is 10.6 Å². The first-order chi connectivity index (χ1) is 19.6. The summed E-state index contributed by atoms with van der Waals surface area (Å²) in [6.07, 6.45) is 3.84. The summed E-state index contributed by atoms with van der Waals surface area (Å²) in [5.41, 5.74) is 1.13. The summed E-state index contributed by atoms with van der Waals surface area (Å²) in [4.78, 5) is 34.3. The van der Waals surface area contributed by atoms with Crippen LogP contribution in [0.15, 0.2) is 16.8 Å². The van der Waals surface area contributed by atoms with Crippen molar-refractivity contribution in [2.24, 2.45) is 5.92 Å². The van der Waals surface area contributed by atoms with Gasteiger partial charge in [0.25, 0.3) is 5.91 Å². The number of fused-ring (bicyclic) bond motifs is 1. The number of alkyl halides is 1. The molecule has 1 aliphatic carbocycles. The van der Waals surface area contributed by atoms with Gasteiger partial charge in [-0.15, -0.1) is 27.7 Å². The Bertz CT molecular complexity index is 1430. The lowest BCUT2D eigenvalue weighted by molar-refractivity contribution is -0.123. The van der Waals surface area contributed by atoms with Crippen LogP contribution in [0.1, 0.15) is 92.4 Å². The number of halogens is 2. The van der Waals surface area contributed by atoms with Gasteiger partial charge in [0.15, 0.2) is 11.5 Å². The second kappa shape index (κ2) is 13.1. The molecule has 1 aliphatic rings. The number of aromatic amines is 1. The molecule has 1 saturated carbocycles. The van der Waals surface area contributed by atoms with Crippen LogP contribution in [-0.2, 0) is 4.79 Å². The Kier molecular flexibility index (Phi) is 10.4. The van der Waals surface area contributed by atoms with Crippen LogP contribution in [0.3, 0.4) is 0 Å².